The fraction of sp³-hybridized carbons (Fsp3) is 0.455. The number of imidazole rings is 1. The van der Waals surface area contributed by atoms with E-state index in [4.69, 9.17) is 9.47 Å². The minimum Gasteiger partial charge on any atom is -0.464 e. The fourth-order valence-corrected chi connectivity index (χ4v) is 3.44. The molecule has 3 rings (SSSR count). The average molecular weight is 428 g/mol. The number of nitrogens with zero attached hydrogens (tertiary/aromatic N) is 4. The van der Waals surface area contributed by atoms with Crippen LogP contribution >= 0.6 is 0 Å². The molecule has 0 amide bonds. The number of hydrogen-bond acceptors (Lipinski definition) is 6. The topological polar surface area (TPSA) is 97.4 Å². The molecule has 1 atom stereocenters. The molecule has 1 aromatic carbocycles. The lowest BCUT2D eigenvalue weighted by Gasteiger charge is -2.15. The molecule has 0 fully saturated rings. The van der Waals surface area contributed by atoms with Crippen molar-refractivity contribution in [2.45, 2.75) is 46.2 Å². The van der Waals surface area contributed by atoms with E-state index in [1.54, 1.807) is 13.8 Å². The van der Waals surface area contributed by atoms with Crippen LogP contribution in [0.3, 0.4) is 0 Å². The van der Waals surface area contributed by atoms with Crippen LogP contribution in [0.4, 0.5) is 0 Å². The summed E-state index contributed by atoms with van der Waals surface area (Å²) in [5.74, 6) is -0.144. The number of rotatable bonds is 8. The molecule has 0 aliphatic rings. The molecule has 9 nitrogen and oxygen atoms in total. The first kappa shape index (κ1) is 22.5. The predicted octanol–water partition coefficient (Wildman–Crippen LogP) is 2.24. The van der Waals surface area contributed by atoms with Gasteiger partial charge in [-0.3, -0.25) is 9.36 Å². The van der Waals surface area contributed by atoms with Crippen LogP contribution in [0.25, 0.3) is 16.9 Å². The van der Waals surface area contributed by atoms with Crippen LogP contribution in [0.5, 0.6) is 0 Å². The van der Waals surface area contributed by atoms with Crippen LogP contribution < -0.4 is 11.2 Å². The molecule has 0 aliphatic carbocycles. The third-order valence-corrected chi connectivity index (χ3v) is 5.24. The Bertz CT molecular complexity index is 1190. The van der Waals surface area contributed by atoms with E-state index >= 15 is 0 Å². The number of fused-ring (bicyclic) bond motifs is 1. The summed E-state index contributed by atoms with van der Waals surface area (Å²) in [6, 6.07) is 6.77. The predicted molar refractivity (Wildman–Crippen MR) is 117 cm³/mol. The zero-order chi connectivity index (χ0) is 22.7. The van der Waals surface area contributed by atoms with Crippen molar-refractivity contribution in [2.24, 2.45) is 0 Å². The van der Waals surface area contributed by atoms with Crippen molar-refractivity contribution in [2.75, 3.05) is 20.3 Å². The summed E-state index contributed by atoms with van der Waals surface area (Å²) < 4.78 is 14.1. The van der Waals surface area contributed by atoms with Crippen LogP contribution in [0.2, 0.25) is 0 Å². The molecule has 2 heterocycles. The van der Waals surface area contributed by atoms with Crippen LogP contribution in [0, 0.1) is 0 Å². The third kappa shape index (κ3) is 4.18. The van der Waals surface area contributed by atoms with Gasteiger partial charge < -0.3 is 14.0 Å². The molecule has 0 radical (unpaired) electrons. The van der Waals surface area contributed by atoms with Gasteiger partial charge in [0.05, 0.1) is 31.8 Å². The molecular formula is C22H28N4O5. The van der Waals surface area contributed by atoms with Crippen LogP contribution in [-0.4, -0.2) is 45.0 Å². The Morgan fingerprint density at radius 2 is 1.81 bits per heavy atom. The molecule has 0 unspecified atom stereocenters. The lowest BCUT2D eigenvalue weighted by atomic mass is 10.0. The lowest BCUT2D eigenvalue weighted by Crippen LogP contribution is -2.41. The average Bonchev–Trinajstić information content (AvgIpc) is 3.18. The molecule has 166 valence electrons. The second-order valence-corrected chi connectivity index (χ2v) is 7.57. The van der Waals surface area contributed by atoms with E-state index in [0.717, 1.165) is 10.1 Å². The van der Waals surface area contributed by atoms with Gasteiger partial charge in [-0.2, -0.15) is 0 Å². The van der Waals surface area contributed by atoms with Crippen molar-refractivity contribution in [3.8, 4) is 5.69 Å². The molecule has 9 heteroatoms. The van der Waals surface area contributed by atoms with Gasteiger partial charge in [0.15, 0.2) is 11.2 Å². The van der Waals surface area contributed by atoms with E-state index in [9.17, 15) is 14.4 Å². The molecule has 31 heavy (non-hydrogen) atoms. The summed E-state index contributed by atoms with van der Waals surface area (Å²) in [6.45, 7) is 8.01. The van der Waals surface area contributed by atoms with Crippen molar-refractivity contribution in [3.05, 3.63) is 57.0 Å². The molecule has 0 N–H and O–H groups in total. The Balaban J connectivity index is 2.29. The van der Waals surface area contributed by atoms with Gasteiger partial charge in [-0.1, -0.05) is 26.0 Å². The quantitative estimate of drug-likeness (QED) is 0.511. The van der Waals surface area contributed by atoms with Gasteiger partial charge in [-0.05, 0) is 37.5 Å². The first-order chi connectivity index (χ1) is 14.8. The number of esters is 1. The second-order valence-electron chi connectivity index (χ2n) is 7.57. The summed E-state index contributed by atoms with van der Waals surface area (Å²) in [6.07, 6.45) is 1.40. The van der Waals surface area contributed by atoms with E-state index in [2.05, 4.69) is 18.8 Å². The van der Waals surface area contributed by atoms with Gasteiger partial charge in [0.25, 0.3) is 5.56 Å². The first-order valence-electron chi connectivity index (χ1n) is 10.3. The molecule has 3 aromatic rings. The Morgan fingerprint density at radius 3 is 2.39 bits per heavy atom. The van der Waals surface area contributed by atoms with Crippen molar-refractivity contribution >= 4 is 17.1 Å². The summed E-state index contributed by atoms with van der Waals surface area (Å²) in [5, 5.41) is 0. The molecule has 0 aliphatic heterocycles. The Hall–Kier alpha value is -3.20. The number of benzene rings is 1. The third-order valence-electron chi connectivity index (χ3n) is 5.24. The van der Waals surface area contributed by atoms with E-state index in [-0.39, 0.29) is 30.9 Å². The van der Waals surface area contributed by atoms with Crippen LogP contribution in [0.1, 0.15) is 45.2 Å². The molecule has 0 saturated carbocycles. The molecule has 0 saturated heterocycles. The number of carbonyl (C=O) groups excluding carboxylic acids is 1. The number of carbonyl (C=O) groups is 1. The van der Waals surface area contributed by atoms with Crippen molar-refractivity contribution in [3.63, 3.8) is 0 Å². The fourth-order valence-electron chi connectivity index (χ4n) is 3.44. The number of ether oxygens (including phenoxy) is 2. The Labute approximate surface area is 179 Å². The standard InChI is InChI=1S/C22H28N4O5/c1-6-31-21(28)15(4)25-13-23-19-18(25)20(27)24(11-12-30-5)22(29)26(19)17-9-7-16(8-10-17)14(2)3/h7-10,13-15H,6,11-12H2,1-5H3/t15-/m0/s1. The van der Waals surface area contributed by atoms with Gasteiger partial charge in [0.1, 0.15) is 6.04 Å². The van der Waals surface area contributed by atoms with E-state index < -0.39 is 23.3 Å². The van der Waals surface area contributed by atoms with E-state index in [1.807, 2.05) is 24.3 Å². The van der Waals surface area contributed by atoms with Crippen LogP contribution in [-0.2, 0) is 20.8 Å². The van der Waals surface area contributed by atoms with Gasteiger partial charge in [-0.25, -0.2) is 19.1 Å². The highest BCUT2D eigenvalue weighted by Crippen LogP contribution is 2.20. The summed E-state index contributed by atoms with van der Waals surface area (Å²) >= 11 is 0. The van der Waals surface area contributed by atoms with E-state index in [0.29, 0.717) is 11.6 Å². The van der Waals surface area contributed by atoms with Gasteiger partial charge >= 0.3 is 11.7 Å². The van der Waals surface area contributed by atoms with Gasteiger partial charge in [-0.15, -0.1) is 0 Å². The van der Waals surface area contributed by atoms with Crippen LogP contribution in [0.15, 0.2) is 40.2 Å². The second kappa shape index (κ2) is 9.30. The molecule has 0 bridgehead atoms. The van der Waals surface area contributed by atoms with Crippen molar-refractivity contribution in [1.29, 1.82) is 0 Å². The lowest BCUT2D eigenvalue weighted by molar-refractivity contribution is -0.146. The highest BCUT2D eigenvalue weighted by molar-refractivity contribution is 5.79. The summed E-state index contributed by atoms with van der Waals surface area (Å²) in [5.41, 5.74) is 1.02. The largest absolute Gasteiger partial charge is 0.464 e. The van der Waals surface area contributed by atoms with Crippen molar-refractivity contribution < 1.29 is 14.3 Å². The minimum atomic E-state index is -0.775. The monoisotopic (exact) mass is 428 g/mol. The Morgan fingerprint density at radius 1 is 1.13 bits per heavy atom. The Kier molecular flexibility index (Phi) is 6.74. The maximum absolute atomic E-state index is 13.3. The summed E-state index contributed by atoms with van der Waals surface area (Å²) in [4.78, 5) is 43.1. The zero-order valence-electron chi connectivity index (χ0n) is 18.5. The highest BCUT2D eigenvalue weighted by Gasteiger charge is 2.24. The zero-order valence-corrected chi connectivity index (χ0v) is 18.5. The molecule has 0 spiro atoms. The maximum Gasteiger partial charge on any atom is 0.337 e. The number of hydrogen-bond donors (Lipinski definition) is 0. The minimum absolute atomic E-state index is 0.0765. The molecular weight excluding hydrogens is 400 g/mol. The van der Waals surface area contributed by atoms with Gasteiger partial charge in [0.2, 0.25) is 0 Å². The molecule has 2 aromatic heterocycles. The maximum atomic E-state index is 13.3. The summed E-state index contributed by atoms with van der Waals surface area (Å²) in [7, 11) is 1.50. The number of aromatic nitrogens is 4. The van der Waals surface area contributed by atoms with Crippen molar-refractivity contribution in [1.82, 2.24) is 18.7 Å². The van der Waals surface area contributed by atoms with E-state index in [1.165, 1.54) is 22.6 Å². The SMILES string of the molecule is CCOC(=O)[C@H](C)n1cnc2c1c(=O)n(CCOC)c(=O)n2-c1ccc(C(C)C)cc1. The number of methoxy groups -OCH3 is 1. The smallest absolute Gasteiger partial charge is 0.337 e. The normalized spacial score (nSPS) is 12.5. The van der Waals surface area contributed by atoms with Gasteiger partial charge in [0, 0.05) is 7.11 Å². The first-order valence-corrected chi connectivity index (χ1v) is 10.3. The highest BCUT2D eigenvalue weighted by atomic mass is 16.5.